The molecule has 0 unspecified atom stereocenters. The van der Waals surface area contributed by atoms with Crippen LogP contribution >= 0.6 is 22.7 Å². The molecule has 0 spiro atoms. The lowest BCUT2D eigenvalue weighted by molar-refractivity contribution is 1.30. The number of fused-ring (bicyclic) bond motifs is 4. The van der Waals surface area contributed by atoms with E-state index in [4.69, 9.17) is 9.97 Å². The summed E-state index contributed by atoms with van der Waals surface area (Å²) < 4.78 is 2.53. The van der Waals surface area contributed by atoms with Crippen LogP contribution in [0.2, 0.25) is 0 Å². The van der Waals surface area contributed by atoms with Gasteiger partial charge >= 0.3 is 0 Å². The maximum Gasteiger partial charge on any atom is 0.0973 e. The minimum absolute atomic E-state index is 0.901. The van der Waals surface area contributed by atoms with Crippen LogP contribution in [0, 0.1) is 0 Å². The minimum Gasteiger partial charge on any atom is -0.253 e. The molecule has 0 amide bonds. The lowest BCUT2D eigenvalue weighted by atomic mass is 9.93. The van der Waals surface area contributed by atoms with Gasteiger partial charge in [0.2, 0.25) is 0 Å². The summed E-state index contributed by atoms with van der Waals surface area (Å²) in [6.45, 7) is 0. The Balaban J connectivity index is 1.43. The highest BCUT2D eigenvalue weighted by Crippen LogP contribution is 2.52. The molecule has 9 aromatic rings. The summed E-state index contributed by atoms with van der Waals surface area (Å²) in [6.07, 6.45) is 7.06. The fraction of sp³-hybridized carbons (Fsp3) is 0. The average Bonchev–Trinajstić information content (AvgIpc) is 3.72. The Labute approximate surface area is 261 Å². The van der Waals surface area contributed by atoms with Gasteiger partial charge in [-0.1, -0.05) is 84.9 Å². The van der Waals surface area contributed by atoms with E-state index >= 15 is 0 Å². The maximum absolute atomic E-state index is 4.74. The molecule has 44 heavy (non-hydrogen) atoms. The summed E-state index contributed by atoms with van der Waals surface area (Å²) in [4.78, 5) is 21.0. The van der Waals surface area contributed by atoms with Crippen LogP contribution in [0.3, 0.4) is 0 Å². The number of benzene rings is 5. The second kappa shape index (κ2) is 10.2. The van der Waals surface area contributed by atoms with Crippen molar-refractivity contribution in [2.45, 2.75) is 0 Å². The predicted octanol–water partition coefficient (Wildman–Crippen LogP) is 10.7. The van der Waals surface area contributed by atoms with Gasteiger partial charge in [-0.2, -0.15) is 0 Å². The summed E-state index contributed by atoms with van der Waals surface area (Å²) in [5, 5.41) is 2.49. The molecule has 5 aromatic carbocycles. The van der Waals surface area contributed by atoms with Crippen LogP contribution in [0.25, 0.3) is 85.4 Å². The van der Waals surface area contributed by atoms with Gasteiger partial charge in [0.1, 0.15) is 0 Å². The van der Waals surface area contributed by atoms with Crippen molar-refractivity contribution in [2.75, 3.05) is 0 Å². The Morgan fingerprint density at radius 3 is 1.30 bits per heavy atom. The second-order valence-corrected chi connectivity index (χ2v) is 12.8. The van der Waals surface area contributed by atoms with E-state index in [1.807, 2.05) is 34.8 Å². The van der Waals surface area contributed by atoms with Crippen molar-refractivity contribution in [3.05, 3.63) is 134 Å². The zero-order valence-corrected chi connectivity index (χ0v) is 24.9. The fourth-order valence-corrected chi connectivity index (χ4v) is 8.75. The van der Waals surface area contributed by atoms with Crippen LogP contribution in [0.1, 0.15) is 0 Å². The molecular formula is C38H22N4S2. The molecule has 4 nitrogen and oxygen atoms in total. The zero-order valence-electron chi connectivity index (χ0n) is 23.3. The minimum atomic E-state index is 0.901. The van der Waals surface area contributed by atoms with Crippen molar-refractivity contribution in [3.63, 3.8) is 0 Å². The number of thiophene rings is 2. The van der Waals surface area contributed by atoms with Crippen LogP contribution < -0.4 is 0 Å². The first-order valence-corrected chi connectivity index (χ1v) is 16.0. The van der Waals surface area contributed by atoms with Gasteiger partial charge in [0.05, 0.1) is 22.1 Å². The average molecular weight is 599 g/mol. The van der Waals surface area contributed by atoms with Crippen molar-refractivity contribution in [1.29, 1.82) is 0 Å². The Morgan fingerprint density at radius 1 is 0.409 bits per heavy atom. The largest absolute Gasteiger partial charge is 0.253 e. The molecule has 0 aliphatic heterocycles. The van der Waals surface area contributed by atoms with E-state index in [1.54, 1.807) is 24.8 Å². The van der Waals surface area contributed by atoms with E-state index in [1.165, 1.54) is 52.2 Å². The maximum atomic E-state index is 4.74. The summed E-state index contributed by atoms with van der Waals surface area (Å²) >= 11 is 3.66. The number of nitrogens with zero attached hydrogens (tertiary/aromatic N) is 4. The third-order valence-electron chi connectivity index (χ3n) is 8.11. The number of hydrogen-bond donors (Lipinski definition) is 0. The normalized spacial score (nSPS) is 11.6. The number of para-hydroxylation sites is 2. The SMILES string of the molecule is c1ccc(-c2c3cc(-c4cccc5nccnc45)sc3c(-c3ccccc3)c3cc(-c4cccc5nccnc45)sc23)cc1. The van der Waals surface area contributed by atoms with E-state index < -0.39 is 0 Å². The molecule has 0 bridgehead atoms. The summed E-state index contributed by atoms with van der Waals surface area (Å²) in [7, 11) is 0. The molecular weight excluding hydrogens is 577 g/mol. The molecule has 0 saturated heterocycles. The summed E-state index contributed by atoms with van der Waals surface area (Å²) in [5.41, 5.74) is 10.8. The van der Waals surface area contributed by atoms with Crippen LogP contribution in [0.4, 0.5) is 0 Å². The molecule has 0 saturated carbocycles. The Bertz CT molecular complexity index is 2260. The summed E-state index contributed by atoms with van der Waals surface area (Å²) in [6, 6.07) is 38.8. The molecule has 0 N–H and O–H groups in total. The lowest BCUT2D eigenvalue weighted by Gasteiger charge is -2.12. The molecule has 6 heteroatoms. The zero-order chi connectivity index (χ0) is 29.0. The molecule has 4 heterocycles. The second-order valence-electron chi connectivity index (χ2n) is 10.6. The van der Waals surface area contributed by atoms with Gasteiger partial charge in [-0.15, -0.1) is 22.7 Å². The first-order chi connectivity index (χ1) is 21.8. The lowest BCUT2D eigenvalue weighted by Crippen LogP contribution is -1.85. The highest BCUT2D eigenvalue weighted by Gasteiger charge is 2.23. The molecule has 9 rings (SSSR count). The van der Waals surface area contributed by atoms with E-state index in [0.717, 1.165) is 33.2 Å². The molecule has 0 aliphatic rings. The molecule has 0 atom stereocenters. The van der Waals surface area contributed by atoms with E-state index in [-0.39, 0.29) is 0 Å². The van der Waals surface area contributed by atoms with Crippen LogP contribution in [0.15, 0.2) is 134 Å². The van der Waals surface area contributed by atoms with Gasteiger partial charge < -0.3 is 0 Å². The third kappa shape index (κ3) is 3.96. The van der Waals surface area contributed by atoms with Crippen molar-refractivity contribution >= 4 is 64.9 Å². The third-order valence-corrected chi connectivity index (χ3v) is 10.5. The topological polar surface area (TPSA) is 51.6 Å². The van der Waals surface area contributed by atoms with Crippen molar-refractivity contribution in [2.24, 2.45) is 0 Å². The van der Waals surface area contributed by atoms with Crippen molar-refractivity contribution < 1.29 is 0 Å². The van der Waals surface area contributed by atoms with Gasteiger partial charge in [0.15, 0.2) is 0 Å². The highest BCUT2D eigenvalue weighted by molar-refractivity contribution is 7.25. The Hall–Kier alpha value is -5.30. The van der Waals surface area contributed by atoms with E-state index in [2.05, 4.69) is 107 Å². The monoisotopic (exact) mass is 598 g/mol. The van der Waals surface area contributed by atoms with Gasteiger partial charge in [-0.25, -0.2) is 0 Å². The fourth-order valence-electron chi connectivity index (χ4n) is 6.20. The first kappa shape index (κ1) is 25.2. The van der Waals surface area contributed by atoms with Gasteiger partial charge in [-0.05, 0) is 35.4 Å². The van der Waals surface area contributed by atoms with Crippen LogP contribution in [-0.4, -0.2) is 19.9 Å². The molecule has 206 valence electrons. The Kier molecular flexibility index (Phi) is 5.82. The van der Waals surface area contributed by atoms with Gasteiger partial charge in [-0.3, -0.25) is 19.9 Å². The summed E-state index contributed by atoms with van der Waals surface area (Å²) in [5.74, 6) is 0. The van der Waals surface area contributed by atoms with Gasteiger partial charge in [0, 0.05) is 77.0 Å². The standard InChI is InChI=1S/C38H22N4S2/c1-3-9-23(10-4-1)33-27-21-31(25-13-7-15-29-35(25)41-19-17-39-29)44-38(27)34(24-11-5-2-6-12-24)28-22-32(43-37(28)33)26-14-8-16-30-36(26)42-20-18-40-30/h1-22H. The Morgan fingerprint density at radius 2 is 0.841 bits per heavy atom. The number of aromatic nitrogens is 4. The number of rotatable bonds is 4. The van der Waals surface area contributed by atoms with E-state index in [0.29, 0.717) is 0 Å². The molecule has 0 fully saturated rings. The quantitative estimate of drug-likeness (QED) is 0.202. The molecule has 0 radical (unpaired) electrons. The van der Waals surface area contributed by atoms with Crippen LogP contribution in [0.5, 0.6) is 0 Å². The van der Waals surface area contributed by atoms with Crippen LogP contribution in [-0.2, 0) is 0 Å². The smallest absolute Gasteiger partial charge is 0.0973 e. The molecule has 0 aliphatic carbocycles. The highest BCUT2D eigenvalue weighted by atomic mass is 32.1. The van der Waals surface area contributed by atoms with Crippen molar-refractivity contribution in [3.8, 4) is 43.1 Å². The molecule has 4 aromatic heterocycles. The van der Waals surface area contributed by atoms with Gasteiger partial charge in [0.25, 0.3) is 0 Å². The first-order valence-electron chi connectivity index (χ1n) is 14.4. The van der Waals surface area contributed by atoms with E-state index in [9.17, 15) is 0 Å². The number of hydrogen-bond acceptors (Lipinski definition) is 6. The van der Waals surface area contributed by atoms with Crippen molar-refractivity contribution in [1.82, 2.24) is 19.9 Å². The predicted molar refractivity (Wildman–Crippen MR) is 185 cm³/mol.